The number of nitrogens with zero attached hydrogens (tertiary/aromatic N) is 1. The van der Waals surface area contributed by atoms with Crippen LogP contribution < -0.4 is 0 Å². The average molecular weight is 416 g/mol. The molecule has 1 atom stereocenters. The van der Waals surface area contributed by atoms with Crippen LogP contribution in [0.3, 0.4) is 0 Å². The van der Waals surface area contributed by atoms with E-state index in [1.165, 1.54) is 24.2 Å². The zero-order valence-electron chi connectivity index (χ0n) is 9.79. The summed E-state index contributed by atoms with van der Waals surface area (Å²) < 4.78 is 1.93. The Morgan fingerprint density at radius 3 is 2.39 bits per heavy atom. The van der Waals surface area contributed by atoms with Gasteiger partial charge in [0.25, 0.3) is 0 Å². The molecule has 0 aromatic carbocycles. The lowest BCUT2D eigenvalue weighted by molar-refractivity contribution is -0.130. The fraction of sp³-hybridized carbons (Fsp3) is 0.583. The van der Waals surface area contributed by atoms with Crippen LogP contribution >= 0.6 is 54.8 Å². The van der Waals surface area contributed by atoms with Gasteiger partial charge in [0.05, 0.1) is 3.79 Å². The summed E-state index contributed by atoms with van der Waals surface area (Å²) in [5, 5.41) is -0.560. The van der Waals surface area contributed by atoms with Crippen molar-refractivity contribution < 1.29 is 4.79 Å². The number of thiophene rings is 1. The van der Waals surface area contributed by atoms with Gasteiger partial charge >= 0.3 is 0 Å². The maximum atomic E-state index is 12.3. The Balaban J connectivity index is 2.07. The van der Waals surface area contributed by atoms with Gasteiger partial charge < -0.3 is 4.90 Å². The quantitative estimate of drug-likeness (QED) is 0.626. The second-order valence-electron chi connectivity index (χ2n) is 4.37. The van der Waals surface area contributed by atoms with E-state index >= 15 is 0 Å². The minimum atomic E-state index is -0.560. The van der Waals surface area contributed by atoms with Crippen molar-refractivity contribution in [3.05, 3.63) is 19.2 Å². The van der Waals surface area contributed by atoms with Crippen LogP contribution in [0.5, 0.6) is 0 Å². The predicted octanol–water partition coefficient (Wildman–Crippen LogP) is 4.96. The van der Waals surface area contributed by atoms with E-state index in [4.69, 9.17) is 11.6 Å². The fourth-order valence-corrected chi connectivity index (χ4v) is 4.46. The third kappa shape index (κ3) is 3.50. The number of hydrogen-bond donors (Lipinski definition) is 0. The van der Waals surface area contributed by atoms with Crippen LogP contribution in [0.25, 0.3) is 0 Å². The Hall–Kier alpha value is 0.420. The maximum absolute atomic E-state index is 12.3. The minimum Gasteiger partial charge on any atom is -0.341 e. The van der Waals surface area contributed by atoms with Crippen molar-refractivity contribution in [2.45, 2.75) is 31.1 Å². The molecule has 0 spiro atoms. The molecule has 2 rings (SSSR count). The van der Waals surface area contributed by atoms with Gasteiger partial charge in [-0.1, -0.05) is 12.8 Å². The molecule has 2 nitrogen and oxygen atoms in total. The van der Waals surface area contributed by atoms with E-state index in [9.17, 15) is 4.79 Å². The van der Waals surface area contributed by atoms with E-state index in [1.54, 1.807) is 0 Å². The van der Waals surface area contributed by atoms with Crippen molar-refractivity contribution in [2.24, 2.45) is 0 Å². The number of halogens is 3. The highest BCUT2D eigenvalue weighted by Crippen LogP contribution is 2.38. The average Bonchev–Trinajstić information content (AvgIpc) is 2.61. The van der Waals surface area contributed by atoms with Crippen molar-refractivity contribution in [1.82, 2.24) is 4.90 Å². The first-order valence-electron chi connectivity index (χ1n) is 5.97. The lowest BCUT2D eigenvalue weighted by Gasteiger charge is -2.22. The number of alkyl halides is 1. The molecule has 0 radical (unpaired) electrons. The number of amides is 1. The van der Waals surface area contributed by atoms with Crippen molar-refractivity contribution in [1.29, 1.82) is 0 Å². The molecule has 1 aromatic heterocycles. The van der Waals surface area contributed by atoms with Crippen LogP contribution in [0.2, 0.25) is 0 Å². The molecule has 2 heterocycles. The summed E-state index contributed by atoms with van der Waals surface area (Å²) in [7, 11) is 0. The number of rotatable bonds is 2. The van der Waals surface area contributed by atoms with Crippen LogP contribution in [0.15, 0.2) is 14.3 Å². The van der Waals surface area contributed by atoms with Crippen molar-refractivity contribution in [2.75, 3.05) is 13.1 Å². The standard InChI is InChI=1S/C12H14Br2ClNOS/c13-8-7-9(18-11(8)14)10(15)12(17)16-5-3-1-2-4-6-16/h7,10H,1-6H2. The molecule has 1 fully saturated rings. The summed E-state index contributed by atoms with van der Waals surface area (Å²) in [6, 6.07) is 1.92. The van der Waals surface area contributed by atoms with Gasteiger partial charge in [0.15, 0.2) is 0 Å². The van der Waals surface area contributed by atoms with Crippen LogP contribution in [0.4, 0.5) is 0 Å². The van der Waals surface area contributed by atoms with Crippen LogP contribution in [-0.2, 0) is 4.79 Å². The first-order valence-corrected chi connectivity index (χ1v) is 8.81. The van der Waals surface area contributed by atoms with Gasteiger partial charge in [-0.25, -0.2) is 0 Å². The van der Waals surface area contributed by atoms with E-state index in [2.05, 4.69) is 31.9 Å². The van der Waals surface area contributed by atoms with Gasteiger partial charge in [0.2, 0.25) is 5.91 Å². The molecule has 18 heavy (non-hydrogen) atoms. The molecule has 1 amide bonds. The second-order valence-corrected chi connectivity index (χ2v) is 8.06. The van der Waals surface area contributed by atoms with E-state index in [-0.39, 0.29) is 5.91 Å². The highest BCUT2D eigenvalue weighted by Gasteiger charge is 2.26. The van der Waals surface area contributed by atoms with Gasteiger partial charge in [0, 0.05) is 22.4 Å². The molecule has 100 valence electrons. The van der Waals surface area contributed by atoms with E-state index < -0.39 is 5.38 Å². The molecule has 0 aliphatic carbocycles. The summed E-state index contributed by atoms with van der Waals surface area (Å²) in [6.07, 6.45) is 4.61. The van der Waals surface area contributed by atoms with Crippen molar-refractivity contribution in [3.63, 3.8) is 0 Å². The van der Waals surface area contributed by atoms with Gasteiger partial charge in [-0.05, 0) is 50.8 Å². The zero-order valence-corrected chi connectivity index (χ0v) is 14.5. The van der Waals surface area contributed by atoms with Gasteiger partial charge in [-0.15, -0.1) is 22.9 Å². The Labute approximate surface area is 133 Å². The second kappa shape index (κ2) is 6.73. The van der Waals surface area contributed by atoms with Gasteiger partial charge in [-0.3, -0.25) is 4.79 Å². The predicted molar refractivity (Wildman–Crippen MR) is 83.4 cm³/mol. The molecular weight excluding hydrogens is 401 g/mol. The molecule has 1 unspecified atom stereocenters. The summed E-state index contributed by atoms with van der Waals surface area (Å²) in [5.74, 6) is 0.0415. The van der Waals surface area contributed by atoms with E-state index in [0.29, 0.717) is 0 Å². The van der Waals surface area contributed by atoms with Crippen LogP contribution in [-0.4, -0.2) is 23.9 Å². The third-order valence-corrected chi connectivity index (χ3v) is 6.92. The molecule has 0 saturated carbocycles. The third-order valence-electron chi connectivity index (χ3n) is 3.05. The Kier molecular flexibility index (Phi) is 5.54. The number of likely N-dealkylation sites (tertiary alicyclic amines) is 1. The van der Waals surface area contributed by atoms with E-state index in [0.717, 1.165) is 39.1 Å². The first-order chi connectivity index (χ1) is 8.59. The molecule has 1 aliphatic rings. The normalized spacial score (nSPS) is 18.5. The zero-order chi connectivity index (χ0) is 13.1. The van der Waals surface area contributed by atoms with Crippen molar-refractivity contribution in [3.8, 4) is 0 Å². The fourth-order valence-electron chi connectivity index (χ4n) is 2.06. The number of carbonyl (C=O) groups is 1. The summed E-state index contributed by atoms with van der Waals surface area (Å²) in [4.78, 5) is 15.1. The van der Waals surface area contributed by atoms with Crippen LogP contribution in [0, 0.1) is 0 Å². The highest BCUT2D eigenvalue weighted by atomic mass is 79.9. The summed E-state index contributed by atoms with van der Waals surface area (Å²) >= 11 is 14.7. The highest BCUT2D eigenvalue weighted by molar-refractivity contribution is 9.13. The Morgan fingerprint density at radius 1 is 1.28 bits per heavy atom. The molecular formula is C12H14Br2ClNOS. The molecule has 1 saturated heterocycles. The largest absolute Gasteiger partial charge is 0.341 e. The van der Waals surface area contributed by atoms with Gasteiger partial charge in [0.1, 0.15) is 5.38 Å². The lowest BCUT2D eigenvalue weighted by Crippen LogP contribution is -2.34. The molecule has 1 aromatic rings. The van der Waals surface area contributed by atoms with Crippen molar-refractivity contribution >= 4 is 60.7 Å². The topological polar surface area (TPSA) is 20.3 Å². The summed E-state index contributed by atoms with van der Waals surface area (Å²) in [5.41, 5.74) is 0. The molecule has 1 aliphatic heterocycles. The SMILES string of the molecule is O=C(C(Cl)c1cc(Br)c(Br)s1)N1CCCCCC1. The Morgan fingerprint density at radius 2 is 1.89 bits per heavy atom. The monoisotopic (exact) mass is 413 g/mol. The molecule has 0 N–H and O–H groups in total. The minimum absolute atomic E-state index is 0.0415. The molecule has 6 heteroatoms. The smallest absolute Gasteiger partial charge is 0.246 e. The summed E-state index contributed by atoms with van der Waals surface area (Å²) in [6.45, 7) is 1.69. The first kappa shape index (κ1) is 14.8. The number of carbonyl (C=O) groups excluding carboxylic acids is 1. The molecule has 0 bridgehead atoms. The van der Waals surface area contributed by atoms with Gasteiger partial charge in [-0.2, -0.15) is 0 Å². The Bertz CT molecular complexity index is 410. The maximum Gasteiger partial charge on any atom is 0.246 e. The number of hydrogen-bond acceptors (Lipinski definition) is 2. The van der Waals surface area contributed by atoms with Crippen LogP contribution in [0.1, 0.15) is 35.9 Å². The lowest BCUT2D eigenvalue weighted by atomic mass is 10.2. The van der Waals surface area contributed by atoms with E-state index in [1.807, 2.05) is 11.0 Å².